The lowest BCUT2D eigenvalue weighted by molar-refractivity contribution is -0.302. The van der Waals surface area contributed by atoms with Crippen molar-refractivity contribution in [3.05, 3.63) is 64.7 Å². The lowest BCUT2D eigenvalue weighted by Crippen LogP contribution is -2.67. The zero-order valence-electron chi connectivity index (χ0n) is 19.6. The van der Waals surface area contributed by atoms with Crippen LogP contribution in [0.2, 0.25) is 0 Å². The third kappa shape index (κ3) is 4.25. The number of aliphatic hydroxyl groups is 3. The van der Waals surface area contributed by atoms with Crippen molar-refractivity contribution in [2.75, 3.05) is 31.6 Å². The van der Waals surface area contributed by atoms with Crippen molar-refractivity contribution in [1.29, 1.82) is 0 Å². The zero-order valence-corrected chi connectivity index (χ0v) is 19.6. The molecule has 2 aromatic carbocycles. The Morgan fingerprint density at radius 2 is 1.67 bits per heavy atom. The predicted molar refractivity (Wildman–Crippen MR) is 126 cm³/mol. The van der Waals surface area contributed by atoms with Crippen LogP contribution in [0, 0.1) is 0 Å². The molecule has 0 spiro atoms. The molecule has 0 radical (unpaired) electrons. The number of imide groups is 1. The molecule has 3 heterocycles. The molecule has 3 amide bonds. The first-order valence-corrected chi connectivity index (χ1v) is 11.8. The Bertz CT molecular complexity index is 1190. The van der Waals surface area contributed by atoms with E-state index in [9.17, 15) is 29.7 Å². The second-order valence-electron chi connectivity index (χ2n) is 9.26. The van der Waals surface area contributed by atoms with Crippen LogP contribution in [0.3, 0.4) is 0 Å². The lowest BCUT2D eigenvalue weighted by Gasteiger charge is -2.42. The van der Waals surface area contributed by atoms with Crippen LogP contribution in [0.15, 0.2) is 42.5 Å². The largest absolute Gasteiger partial charge is 0.380 e. The van der Waals surface area contributed by atoms with E-state index in [1.807, 2.05) is 29.6 Å². The molecule has 11 heteroatoms. The van der Waals surface area contributed by atoms with Crippen LogP contribution < -0.4 is 10.6 Å². The number of nitrogens with one attached hydrogen (secondary N) is 2. The highest BCUT2D eigenvalue weighted by Gasteiger charge is 2.61. The quantitative estimate of drug-likeness (QED) is 0.271. The fourth-order valence-corrected chi connectivity index (χ4v) is 4.92. The van der Waals surface area contributed by atoms with Gasteiger partial charge >= 0.3 is 0 Å². The highest BCUT2D eigenvalue weighted by molar-refractivity contribution is 6.08. The van der Waals surface area contributed by atoms with Crippen molar-refractivity contribution < 1.29 is 34.4 Å². The van der Waals surface area contributed by atoms with E-state index in [4.69, 9.17) is 4.74 Å². The summed E-state index contributed by atoms with van der Waals surface area (Å²) in [4.78, 5) is 39.7. The number of hydrogen-bond acceptors (Lipinski definition) is 9. The van der Waals surface area contributed by atoms with Crippen LogP contribution >= 0.6 is 0 Å². The molecule has 0 saturated carbocycles. The molecule has 2 aromatic rings. The van der Waals surface area contributed by atoms with Crippen molar-refractivity contribution in [3.63, 3.8) is 0 Å². The molecule has 2 saturated heterocycles. The Morgan fingerprint density at radius 3 is 2.36 bits per heavy atom. The first-order valence-electron chi connectivity index (χ1n) is 11.8. The van der Waals surface area contributed by atoms with E-state index in [0.29, 0.717) is 11.4 Å². The molecular formula is C25H28N4O7. The minimum atomic E-state index is -2.98. The highest BCUT2D eigenvalue weighted by Crippen LogP contribution is 2.45. The maximum Gasteiger partial charge on any atom is 0.283 e. The van der Waals surface area contributed by atoms with Crippen LogP contribution in [0.1, 0.15) is 39.9 Å². The smallest absolute Gasteiger partial charge is 0.283 e. The van der Waals surface area contributed by atoms with Gasteiger partial charge in [0.25, 0.3) is 17.7 Å². The predicted octanol–water partition coefficient (Wildman–Crippen LogP) is -0.193. The van der Waals surface area contributed by atoms with Gasteiger partial charge < -0.3 is 25.4 Å². The number of carbonyl (C=O) groups excluding carboxylic acids is 3. The molecule has 2 fully saturated rings. The molecule has 1 unspecified atom stereocenters. The summed E-state index contributed by atoms with van der Waals surface area (Å²) in [7, 11) is 0. The van der Waals surface area contributed by atoms with E-state index in [1.165, 1.54) is 11.6 Å². The standard InChI is InChI=1S/C25H28N4O7/c30-20-8-9-24(33,23(32)27-20)29-22(31)18-2-1-3-19(21(18)25(29,34)35)26-14-16-4-6-17(7-5-16)15-28-10-12-36-13-11-28/h1-7,26,33-35H,8-15H2,(H,27,30,32). The number of nitrogens with zero attached hydrogens (tertiary/aromatic N) is 2. The molecule has 5 rings (SSSR count). The molecule has 5 N–H and O–H groups in total. The van der Waals surface area contributed by atoms with E-state index in [2.05, 4.69) is 10.2 Å². The third-order valence-electron chi connectivity index (χ3n) is 6.85. The van der Waals surface area contributed by atoms with E-state index in [0.717, 1.165) is 38.4 Å². The molecule has 11 nitrogen and oxygen atoms in total. The van der Waals surface area contributed by atoms with E-state index in [-0.39, 0.29) is 23.2 Å². The number of rotatable bonds is 6. The van der Waals surface area contributed by atoms with Crippen LogP contribution in [0.25, 0.3) is 0 Å². The van der Waals surface area contributed by atoms with Crippen molar-refractivity contribution in [1.82, 2.24) is 15.1 Å². The fourth-order valence-electron chi connectivity index (χ4n) is 4.92. The lowest BCUT2D eigenvalue weighted by atomic mass is 9.99. The topological polar surface area (TPSA) is 152 Å². The summed E-state index contributed by atoms with van der Waals surface area (Å²) in [5, 5.41) is 38.1. The van der Waals surface area contributed by atoms with Gasteiger partial charge in [-0.15, -0.1) is 0 Å². The Hall–Kier alpha value is -3.35. The summed E-state index contributed by atoms with van der Waals surface area (Å²) < 4.78 is 5.38. The molecule has 3 aliphatic rings. The first-order chi connectivity index (χ1) is 17.2. The number of ether oxygens (including phenoxy) is 1. The molecular weight excluding hydrogens is 468 g/mol. The van der Waals surface area contributed by atoms with Gasteiger partial charge in [0.1, 0.15) is 0 Å². The summed E-state index contributed by atoms with van der Waals surface area (Å²) in [5.41, 5.74) is -0.460. The normalized spacial score (nSPS) is 24.0. The maximum absolute atomic E-state index is 13.1. The minimum absolute atomic E-state index is 0.0658. The van der Waals surface area contributed by atoms with Crippen molar-refractivity contribution in [3.8, 4) is 0 Å². The van der Waals surface area contributed by atoms with Crippen LogP contribution in [-0.4, -0.2) is 74.9 Å². The summed E-state index contributed by atoms with van der Waals surface area (Å²) in [6.45, 7) is 4.44. The van der Waals surface area contributed by atoms with E-state index >= 15 is 0 Å². The first kappa shape index (κ1) is 24.3. The number of carbonyl (C=O) groups is 3. The molecule has 190 valence electrons. The molecule has 36 heavy (non-hydrogen) atoms. The summed E-state index contributed by atoms with van der Waals surface area (Å²) in [6, 6.07) is 12.6. The summed E-state index contributed by atoms with van der Waals surface area (Å²) in [6.07, 6.45) is -0.717. The van der Waals surface area contributed by atoms with E-state index in [1.54, 1.807) is 12.1 Å². The van der Waals surface area contributed by atoms with E-state index < -0.39 is 35.8 Å². The van der Waals surface area contributed by atoms with Gasteiger partial charge in [-0.1, -0.05) is 30.3 Å². The van der Waals surface area contributed by atoms with Crippen LogP contribution in [0.4, 0.5) is 5.69 Å². The number of benzene rings is 2. The highest BCUT2D eigenvalue weighted by atomic mass is 16.5. The number of amides is 3. The van der Waals surface area contributed by atoms with Crippen molar-refractivity contribution in [2.24, 2.45) is 0 Å². The van der Waals surface area contributed by atoms with Gasteiger partial charge in [0, 0.05) is 44.7 Å². The van der Waals surface area contributed by atoms with Gasteiger partial charge in [-0.3, -0.25) is 24.6 Å². The SMILES string of the molecule is O=C1CCC(O)(N2C(=O)c3cccc(NCc4ccc(CN5CCOCC5)cc4)c3C2(O)O)C(=O)N1. The number of piperidine rings is 1. The maximum atomic E-state index is 13.1. The van der Waals surface area contributed by atoms with Gasteiger partial charge in [-0.05, 0) is 23.3 Å². The second-order valence-corrected chi connectivity index (χ2v) is 9.26. The number of fused-ring (bicyclic) bond motifs is 1. The van der Waals surface area contributed by atoms with Gasteiger partial charge in [-0.25, -0.2) is 4.90 Å². The number of morpholine rings is 1. The Kier molecular flexibility index (Phi) is 6.27. The van der Waals surface area contributed by atoms with Gasteiger partial charge in [-0.2, -0.15) is 0 Å². The average Bonchev–Trinajstić information content (AvgIpc) is 3.08. The number of hydrogen-bond donors (Lipinski definition) is 5. The van der Waals surface area contributed by atoms with Gasteiger partial charge in [0.2, 0.25) is 11.6 Å². The molecule has 0 aromatic heterocycles. The third-order valence-corrected chi connectivity index (χ3v) is 6.85. The van der Waals surface area contributed by atoms with Crippen molar-refractivity contribution in [2.45, 2.75) is 37.6 Å². The Morgan fingerprint density at radius 1 is 0.972 bits per heavy atom. The van der Waals surface area contributed by atoms with Crippen LogP contribution in [-0.2, 0) is 33.3 Å². The Labute approximate surface area is 207 Å². The van der Waals surface area contributed by atoms with Crippen molar-refractivity contribution >= 4 is 23.4 Å². The molecule has 1 atom stereocenters. The molecule has 3 aliphatic heterocycles. The molecule has 0 aliphatic carbocycles. The fraction of sp³-hybridized carbons (Fsp3) is 0.400. The summed E-state index contributed by atoms with van der Waals surface area (Å²) >= 11 is 0. The second kappa shape index (κ2) is 9.26. The van der Waals surface area contributed by atoms with Gasteiger partial charge in [0.05, 0.1) is 24.3 Å². The Balaban J connectivity index is 1.33. The van der Waals surface area contributed by atoms with Crippen LogP contribution in [0.5, 0.6) is 0 Å². The minimum Gasteiger partial charge on any atom is -0.380 e. The number of anilines is 1. The monoisotopic (exact) mass is 496 g/mol. The van der Waals surface area contributed by atoms with Gasteiger partial charge in [0.15, 0.2) is 0 Å². The molecule has 0 bridgehead atoms. The summed E-state index contributed by atoms with van der Waals surface area (Å²) in [5.74, 6) is -5.71. The zero-order chi connectivity index (χ0) is 25.5. The average molecular weight is 497 g/mol.